The lowest BCUT2D eigenvalue weighted by atomic mass is 10.1. The molecule has 2 unspecified atom stereocenters. The second-order valence-corrected chi connectivity index (χ2v) is 18.5. The molecule has 358 valence electrons. The summed E-state index contributed by atoms with van der Waals surface area (Å²) in [7, 11) is 0. The van der Waals surface area contributed by atoms with Gasteiger partial charge < -0.3 is 42.9 Å². The lowest BCUT2D eigenvalue weighted by Gasteiger charge is -2.38. The van der Waals surface area contributed by atoms with Crippen molar-refractivity contribution in [1.82, 2.24) is 18.3 Å². The van der Waals surface area contributed by atoms with Crippen molar-refractivity contribution < 1.29 is 42.9 Å². The zero-order chi connectivity index (χ0) is 43.6. The predicted molar refractivity (Wildman–Crippen MR) is 252 cm³/mol. The Morgan fingerprint density at radius 1 is 0.452 bits per heavy atom. The molecule has 4 bridgehead atoms. The summed E-state index contributed by atoms with van der Waals surface area (Å²) in [4.78, 5) is 54.2. The maximum Gasteiger partial charge on any atom is 0.331 e. The molecule has 0 aliphatic carbocycles. The van der Waals surface area contributed by atoms with Crippen molar-refractivity contribution in [1.29, 1.82) is 0 Å². The van der Waals surface area contributed by atoms with Crippen molar-refractivity contribution in [2.75, 3.05) is 52.4 Å². The molecule has 62 heavy (non-hydrogen) atoms. The van der Waals surface area contributed by atoms with Gasteiger partial charge in [0, 0.05) is 56.1 Å². The second kappa shape index (κ2) is 32.6. The van der Waals surface area contributed by atoms with Gasteiger partial charge in [0.1, 0.15) is 0 Å². The summed E-state index contributed by atoms with van der Waals surface area (Å²) in [5.74, 6) is 0. The van der Waals surface area contributed by atoms with E-state index in [1.807, 2.05) is 23.0 Å². The number of rotatable bonds is 19. The number of nitrogens with zero attached hydrogens (tertiary/aromatic N) is 6. The molecule has 1 aliphatic rings. The first-order valence-electron chi connectivity index (χ1n) is 25.0. The van der Waals surface area contributed by atoms with E-state index >= 15 is 0 Å². The van der Waals surface area contributed by atoms with E-state index < -0.39 is 0 Å². The van der Waals surface area contributed by atoms with Crippen LogP contribution in [0.1, 0.15) is 180 Å². The minimum atomic E-state index is -0.181. The van der Waals surface area contributed by atoms with Crippen molar-refractivity contribution in [3.8, 4) is 0 Å². The fourth-order valence-corrected chi connectivity index (χ4v) is 9.75. The van der Waals surface area contributed by atoms with E-state index in [9.17, 15) is 19.2 Å². The molecule has 10 nitrogen and oxygen atoms in total. The normalized spacial score (nSPS) is 20.0. The third-order valence-corrected chi connectivity index (χ3v) is 14.0. The molecule has 0 spiro atoms. The molecular formula is C50H90Br2N6O4. The van der Waals surface area contributed by atoms with Crippen LogP contribution in [0.25, 0.3) is 0 Å². The number of aryl methyl sites for hydroxylation is 2. The van der Waals surface area contributed by atoms with Crippen molar-refractivity contribution in [3.63, 3.8) is 0 Å². The van der Waals surface area contributed by atoms with Crippen LogP contribution in [0.4, 0.5) is 0 Å². The molecular weight excluding hydrogens is 908 g/mol. The zero-order valence-electron chi connectivity index (χ0n) is 40.4. The topological polar surface area (TPSA) is 88.0 Å². The molecule has 12 heteroatoms. The number of allylic oxidation sites excluding steroid dienone is 1. The smallest absolute Gasteiger partial charge is 0.331 e. The Bertz CT molecular complexity index is 1780. The number of fused-ring (bicyclic) bond motifs is 4. The summed E-state index contributed by atoms with van der Waals surface area (Å²) in [5, 5.41) is 0. The number of halogens is 2. The molecule has 1 aliphatic heterocycles. The third kappa shape index (κ3) is 19.6. The van der Waals surface area contributed by atoms with Gasteiger partial charge in [0.2, 0.25) is 0 Å². The Morgan fingerprint density at radius 2 is 0.806 bits per heavy atom. The summed E-state index contributed by atoms with van der Waals surface area (Å²) >= 11 is 0. The van der Waals surface area contributed by atoms with E-state index in [4.69, 9.17) is 0 Å². The van der Waals surface area contributed by atoms with E-state index in [1.54, 1.807) is 12.1 Å². The van der Waals surface area contributed by atoms with Crippen molar-refractivity contribution in [2.24, 2.45) is 0 Å². The van der Waals surface area contributed by atoms with E-state index in [0.29, 0.717) is 26.2 Å². The number of unbranched alkanes of at least 4 members (excludes halogenated alkanes) is 11. The summed E-state index contributed by atoms with van der Waals surface area (Å²) in [6.07, 6.45) is 29.6. The van der Waals surface area contributed by atoms with Crippen LogP contribution in [0.15, 0.2) is 43.5 Å². The first-order chi connectivity index (χ1) is 29.1. The Kier molecular flexibility index (Phi) is 30.5. The van der Waals surface area contributed by atoms with Gasteiger partial charge in [-0.2, -0.15) is 0 Å². The van der Waals surface area contributed by atoms with Crippen molar-refractivity contribution in [2.45, 2.75) is 209 Å². The fraction of sp³-hybridized carbons (Fsp3) is 0.800. The van der Waals surface area contributed by atoms with Gasteiger partial charge >= 0.3 is 11.4 Å². The van der Waals surface area contributed by atoms with Gasteiger partial charge in [-0.3, -0.25) is 27.9 Å². The van der Waals surface area contributed by atoms with E-state index in [1.165, 1.54) is 86.2 Å². The Morgan fingerprint density at radius 3 is 1.23 bits per heavy atom. The van der Waals surface area contributed by atoms with Crippen LogP contribution in [-0.4, -0.2) is 79.6 Å². The van der Waals surface area contributed by atoms with Crippen LogP contribution in [0.2, 0.25) is 0 Å². The lowest BCUT2D eigenvalue weighted by Crippen LogP contribution is -3.00. The average Bonchev–Trinajstić information content (AvgIpc) is 3.23. The Labute approximate surface area is 397 Å². The van der Waals surface area contributed by atoms with Crippen LogP contribution < -0.4 is 56.5 Å². The molecule has 0 saturated heterocycles. The van der Waals surface area contributed by atoms with Crippen LogP contribution >= 0.6 is 0 Å². The number of aromatic nitrogens is 4. The van der Waals surface area contributed by atoms with Gasteiger partial charge in [-0.05, 0) is 105 Å². The molecule has 3 rings (SSSR count). The average molecular weight is 999 g/mol. The molecule has 0 aromatic carbocycles. The molecule has 0 amide bonds. The molecule has 2 aromatic rings. The number of quaternary nitrogens is 2. The minimum Gasteiger partial charge on any atom is -1.00 e. The molecule has 0 radical (unpaired) electrons. The quantitative estimate of drug-likeness (QED) is 0.123. The number of hydrogen-bond donors (Lipinski definition) is 0. The Hall–Kier alpha value is -2.02. The SMILES string of the molecule is CCCCCC/C=C\CC[N+]1(CC)CCCCn2c(C)cc(=O)n(c2=O)CCCC[N+](CC)(CCCCCCCCCC)CCCCn2c(C)cc(=O)n(c2=O)CCCC1.[Br-].[Br-]. The van der Waals surface area contributed by atoms with Gasteiger partial charge in [0.15, 0.2) is 0 Å². The standard InChI is InChI=1S/C50H90N6O4.2BrH/c1-7-11-13-15-17-19-21-27-37-55(9-3)39-29-23-33-51-45(5)43-48(58)54(49(51)59)36-26-32-42-56(10-4,38-28-22-20-18-16-14-12-8-2)40-30-24-34-52-46(6)44-47(57)53(50(52)60)35-25-31-41-55;;/h19,21,43-44H,7-18,20,22-42H2,1-6H3;2*1H/q+2;;/p-2/b21-19-;;. The summed E-state index contributed by atoms with van der Waals surface area (Å²) in [6.45, 7) is 23.4. The van der Waals surface area contributed by atoms with Crippen LogP contribution in [0.3, 0.4) is 0 Å². The highest BCUT2D eigenvalue weighted by atomic mass is 79.9. The summed E-state index contributed by atoms with van der Waals surface area (Å²) in [5.41, 5.74) is 0.827. The van der Waals surface area contributed by atoms with Gasteiger partial charge in [0.05, 0.1) is 52.4 Å². The minimum absolute atomic E-state index is 0. The van der Waals surface area contributed by atoms with E-state index in [2.05, 4.69) is 39.8 Å². The summed E-state index contributed by atoms with van der Waals surface area (Å²) in [6, 6.07) is 3.32. The largest absolute Gasteiger partial charge is 1.00 e. The van der Waals surface area contributed by atoms with Crippen LogP contribution in [0, 0.1) is 13.8 Å². The molecule has 3 heterocycles. The zero-order valence-corrected chi connectivity index (χ0v) is 43.6. The fourth-order valence-electron chi connectivity index (χ4n) is 9.75. The highest BCUT2D eigenvalue weighted by Crippen LogP contribution is 2.18. The predicted octanol–water partition coefficient (Wildman–Crippen LogP) is 3.52. The first-order valence-corrected chi connectivity index (χ1v) is 25.0. The molecule has 0 saturated carbocycles. The van der Waals surface area contributed by atoms with E-state index in [0.717, 1.165) is 137 Å². The van der Waals surface area contributed by atoms with Crippen LogP contribution in [-0.2, 0) is 26.2 Å². The highest BCUT2D eigenvalue weighted by Gasteiger charge is 2.26. The molecule has 2 atom stereocenters. The second-order valence-electron chi connectivity index (χ2n) is 18.5. The number of hydrogen-bond acceptors (Lipinski definition) is 4. The van der Waals surface area contributed by atoms with Gasteiger partial charge in [-0.15, -0.1) is 0 Å². The lowest BCUT2D eigenvalue weighted by molar-refractivity contribution is -0.927. The summed E-state index contributed by atoms with van der Waals surface area (Å²) < 4.78 is 8.67. The van der Waals surface area contributed by atoms with Crippen molar-refractivity contribution >= 4 is 0 Å². The molecule has 0 N–H and O–H groups in total. The monoisotopic (exact) mass is 997 g/mol. The van der Waals surface area contributed by atoms with E-state index in [-0.39, 0.29) is 56.5 Å². The Balaban J connectivity index is 0.00000961. The van der Waals surface area contributed by atoms with Gasteiger partial charge in [-0.25, -0.2) is 9.59 Å². The maximum atomic E-state index is 13.9. The van der Waals surface area contributed by atoms with Crippen molar-refractivity contribution in [3.05, 3.63) is 77.3 Å². The van der Waals surface area contributed by atoms with Crippen LogP contribution in [0.5, 0.6) is 0 Å². The molecule has 0 fully saturated rings. The highest BCUT2D eigenvalue weighted by molar-refractivity contribution is 5.01. The molecule has 2 aromatic heterocycles. The van der Waals surface area contributed by atoms with Gasteiger partial charge in [0.25, 0.3) is 11.1 Å². The van der Waals surface area contributed by atoms with Gasteiger partial charge in [-0.1, -0.05) is 83.8 Å². The third-order valence-electron chi connectivity index (χ3n) is 14.0. The first kappa shape index (κ1) is 58.0. The maximum absolute atomic E-state index is 13.9.